The number of hydrogen-bond donors (Lipinski definition) is 0. The average Bonchev–Trinajstić information content (AvgIpc) is 3.20. The number of rotatable bonds is 3. The van der Waals surface area contributed by atoms with Gasteiger partial charge in [-0.15, -0.1) is 5.54 Å². The highest BCUT2D eigenvalue weighted by Gasteiger charge is 2.31. The summed E-state index contributed by atoms with van der Waals surface area (Å²) >= 11 is 0. The highest BCUT2D eigenvalue weighted by atomic mass is 28.3. The van der Waals surface area contributed by atoms with Crippen molar-refractivity contribution in [1.82, 2.24) is 9.47 Å². The zero-order valence-electron chi connectivity index (χ0n) is 21.8. The lowest BCUT2D eigenvalue weighted by Crippen LogP contribution is -2.47. The number of pyridine rings is 1. The molecule has 3 aromatic rings. The molecule has 1 aromatic heterocycles. The minimum atomic E-state index is -1.65. The number of carbonyl (C=O) groups excluding carboxylic acids is 1. The fourth-order valence-corrected chi connectivity index (χ4v) is 5.16. The minimum absolute atomic E-state index is 0.208. The van der Waals surface area contributed by atoms with Crippen LogP contribution in [0.25, 0.3) is 16.5 Å². The van der Waals surface area contributed by atoms with Gasteiger partial charge in [-0.1, -0.05) is 49.8 Å². The Bertz CT molecular complexity index is 1410. The molecule has 6 heteroatoms. The number of carbonyl (C=O) groups is 1. The van der Waals surface area contributed by atoms with E-state index in [1.807, 2.05) is 64.1 Å². The second-order valence-electron chi connectivity index (χ2n) is 11.1. The molecule has 0 saturated carbocycles. The van der Waals surface area contributed by atoms with E-state index in [-0.39, 0.29) is 5.56 Å². The Balaban J connectivity index is 2.04. The number of nitrogens with zero attached hydrogens (tertiary/aromatic N) is 2. The lowest BCUT2D eigenvalue weighted by Gasteiger charge is -2.34. The first-order chi connectivity index (χ1) is 16.4. The zero-order chi connectivity index (χ0) is 25.5. The number of ether oxygens (including phenoxy) is 1. The van der Waals surface area contributed by atoms with Crippen LogP contribution >= 0.6 is 0 Å². The number of aryl methyl sites for hydroxylation is 2. The molecule has 0 radical (unpaired) electrons. The molecule has 182 valence electrons. The van der Waals surface area contributed by atoms with Gasteiger partial charge in [0.1, 0.15) is 8.07 Å². The summed E-state index contributed by atoms with van der Waals surface area (Å²) in [5, 5.41) is 1.51. The van der Waals surface area contributed by atoms with E-state index >= 15 is 0 Å². The van der Waals surface area contributed by atoms with Crippen molar-refractivity contribution in [2.24, 2.45) is 0 Å². The third kappa shape index (κ3) is 4.78. The molecule has 4 rings (SSSR count). The predicted molar refractivity (Wildman–Crippen MR) is 145 cm³/mol. The zero-order valence-corrected chi connectivity index (χ0v) is 22.8. The number of hydrogen-bond acceptors (Lipinski definition) is 3. The molecule has 2 aromatic carbocycles. The van der Waals surface area contributed by atoms with Gasteiger partial charge in [-0.25, -0.2) is 9.36 Å². The largest absolute Gasteiger partial charge is 0.416 e. The first-order valence-corrected chi connectivity index (χ1v) is 15.7. The van der Waals surface area contributed by atoms with Crippen molar-refractivity contribution in [1.29, 1.82) is 0 Å². The van der Waals surface area contributed by atoms with E-state index in [9.17, 15) is 9.59 Å². The van der Waals surface area contributed by atoms with Crippen molar-refractivity contribution in [2.75, 3.05) is 6.54 Å². The van der Waals surface area contributed by atoms with Crippen molar-refractivity contribution in [3.63, 3.8) is 0 Å². The molecular formula is C29H34N2O3Si. The van der Waals surface area contributed by atoms with Gasteiger partial charge in [0.15, 0.2) is 0 Å². The SMILES string of the molecule is CCN(C(=O)Oc1c2c3c(ccc(C#C[Si](C)(C)C)c3c(=O)n1-c1ccccc1)CC2)C(C)(C)C. The van der Waals surface area contributed by atoms with E-state index in [0.29, 0.717) is 29.9 Å². The quantitative estimate of drug-likeness (QED) is 0.340. The van der Waals surface area contributed by atoms with Gasteiger partial charge in [-0.05, 0) is 64.3 Å². The molecule has 35 heavy (non-hydrogen) atoms. The summed E-state index contributed by atoms with van der Waals surface area (Å²) in [6, 6.07) is 13.4. The Morgan fingerprint density at radius 1 is 1.06 bits per heavy atom. The van der Waals surface area contributed by atoms with Crippen molar-refractivity contribution in [3.8, 4) is 23.0 Å². The molecule has 0 N–H and O–H groups in total. The van der Waals surface area contributed by atoms with Crippen LogP contribution in [0.2, 0.25) is 19.6 Å². The van der Waals surface area contributed by atoms with Crippen LogP contribution in [-0.4, -0.2) is 35.7 Å². The Hall–Kier alpha value is -3.30. The van der Waals surface area contributed by atoms with Crippen LogP contribution in [-0.2, 0) is 12.8 Å². The van der Waals surface area contributed by atoms with Gasteiger partial charge in [0, 0.05) is 28.6 Å². The first-order valence-electron chi connectivity index (χ1n) is 12.2. The molecule has 1 aliphatic carbocycles. The van der Waals surface area contributed by atoms with Crippen molar-refractivity contribution in [3.05, 3.63) is 69.5 Å². The van der Waals surface area contributed by atoms with Crippen molar-refractivity contribution < 1.29 is 9.53 Å². The molecule has 0 atom stereocenters. The van der Waals surface area contributed by atoms with Crippen LogP contribution in [0.1, 0.15) is 44.4 Å². The van der Waals surface area contributed by atoms with Crippen molar-refractivity contribution in [2.45, 2.75) is 65.7 Å². The van der Waals surface area contributed by atoms with E-state index in [0.717, 1.165) is 28.5 Å². The topological polar surface area (TPSA) is 51.5 Å². The van der Waals surface area contributed by atoms with Crippen LogP contribution in [0.5, 0.6) is 5.88 Å². The fourth-order valence-electron chi connectivity index (χ4n) is 4.65. The Morgan fingerprint density at radius 2 is 1.74 bits per heavy atom. The highest BCUT2D eigenvalue weighted by Crippen LogP contribution is 2.38. The normalized spacial score (nSPS) is 12.9. The van der Waals surface area contributed by atoms with Crippen molar-refractivity contribution >= 4 is 24.9 Å². The maximum atomic E-state index is 14.1. The molecule has 0 unspecified atom stereocenters. The van der Waals surface area contributed by atoms with Gasteiger partial charge in [0.05, 0.1) is 11.1 Å². The van der Waals surface area contributed by atoms with Crippen LogP contribution in [0.3, 0.4) is 0 Å². The van der Waals surface area contributed by atoms with Gasteiger partial charge in [-0.3, -0.25) is 4.79 Å². The van der Waals surface area contributed by atoms with Gasteiger partial charge in [0.25, 0.3) is 5.56 Å². The lowest BCUT2D eigenvalue weighted by molar-refractivity contribution is 0.108. The summed E-state index contributed by atoms with van der Waals surface area (Å²) in [7, 11) is -1.65. The smallest absolute Gasteiger partial charge is 0.392 e. The number of amides is 1. The summed E-state index contributed by atoms with van der Waals surface area (Å²) in [4.78, 5) is 29.2. The molecule has 0 bridgehead atoms. The first kappa shape index (κ1) is 24.8. The van der Waals surface area contributed by atoms with Crippen LogP contribution < -0.4 is 10.3 Å². The number of para-hydroxylation sites is 1. The number of benzene rings is 2. The second kappa shape index (κ2) is 9.05. The molecule has 0 aliphatic heterocycles. The molecule has 0 fully saturated rings. The molecule has 0 saturated heterocycles. The highest BCUT2D eigenvalue weighted by molar-refractivity contribution is 6.83. The Morgan fingerprint density at radius 3 is 2.34 bits per heavy atom. The summed E-state index contributed by atoms with van der Waals surface area (Å²) in [6.45, 7) is 14.9. The Kier molecular flexibility index (Phi) is 6.41. The lowest BCUT2D eigenvalue weighted by atomic mass is 10.0. The molecule has 1 heterocycles. The van der Waals surface area contributed by atoms with Gasteiger partial charge in [0.2, 0.25) is 5.88 Å². The van der Waals surface area contributed by atoms with E-state index in [2.05, 4.69) is 37.2 Å². The second-order valence-corrected chi connectivity index (χ2v) is 15.8. The molecule has 5 nitrogen and oxygen atoms in total. The van der Waals surface area contributed by atoms with E-state index < -0.39 is 19.7 Å². The number of aromatic nitrogens is 1. The maximum absolute atomic E-state index is 14.1. The van der Waals surface area contributed by atoms with Gasteiger partial charge in [-0.2, -0.15) is 0 Å². The van der Waals surface area contributed by atoms with Crippen LogP contribution in [0.4, 0.5) is 4.79 Å². The van der Waals surface area contributed by atoms with Crippen LogP contribution in [0, 0.1) is 11.5 Å². The molecular weight excluding hydrogens is 452 g/mol. The molecule has 1 amide bonds. The van der Waals surface area contributed by atoms with Crippen LogP contribution in [0.15, 0.2) is 47.3 Å². The standard InChI is InChI=1S/C29H34N2O3Si/c1-8-30(29(2,3)4)28(33)34-27-23-17-16-20-14-15-21(18-19-35(5,6)7)25(24(20)23)26(32)31(27)22-12-10-9-11-13-22/h9-15H,8,16-17H2,1-7H3. The van der Waals surface area contributed by atoms with Gasteiger partial charge >= 0.3 is 6.09 Å². The van der Waals surface area contributed by atoms with E-state index in [1.54, 1.807) is 9.47 Å². The molecule has 0 spiro atoms. The predicted octanol–water partition coefficient (Wildman–Crippen LogP) is 5.94. The maximum Gasteiger partial charge on any atom is 0.416 e. The summed E-state index contributed by atoms with van der Waals surface area (Å²) in [5.41, 5.74) is 6.20. The summed E-state index contributed by atoms with van der Waals surface area (Å²) in [6.07, 6.45) is 1.05. The summed E-state index contributed by atoms with van der Waals surface area (Å²) in [5.74, 6) is 3.63. The summed E-state index contributed by atoms with van der Waals surface area (Å²) < 4.78 is 7.66. The third-order valence-electron chi connectivity index (χ3n) is 6.23. The monoisotopic (exact) mass is 486 g/mol. The fraction of sp³-hybridized carbons (Fsp3) is 0.379. The molecule has 1 aliphatic rings. The van der Waals surface area contributed by atoms with Gasteiger partial charge < -0.3 is 9.64 Å². The average molecular weight is 487 g/mol. The van der Waals surface area contributed by atoms with E-state index in [4.69, 9.17) is 4.74 Å². The van der Waals surface area contributed by atoms with E-state index in [1.165, 1.54) is 0 Å². The third-order valence-corrected chi connectivity index (χ3v) is 7.11. The minimum Gasteiger partial charge on any atom is -0.392 e. The Labute approximate surface area is 208 Å².